The van der Waals surface area contributed by atoms with Crippen LogP contribution in [0.5, 0.6) is 0 Å². The van der Waals surface area contributed by atoms with E-state index < -0.39 is 11.4 Å². The number of allylic oxidation sites excluding steroid dienone is 1. The molecule has 0 aliphatic heterocycles. The molecule has 0 saturated heterocycles. The van der Waals surface area contributed by atoms with Crippen LogP contribution >= 0.6 is 0 Å². The Hall–Kier alpha value is -1.12. The molecule has 0 aromatic heterocycles. The highest BCUT2D eigenvalue weighted by molar-refractivity contribution is 5.85. The second-order valence-corrected chi connectivity index (χ2v) is 14.3. The monoisotopic (exact) mass is 454 g/mol. The average molecular weight is 455 g/mol. The van der Waals surface area contributed by atoms with Crippen molar-refractivity contribution >= 4 is 11.8 Å². The lowest BCUT2D eigenvalue weighted by atomic mass is 9.32. The lowest BCUT2D eigenvalue weighted by Gasteiger charge is -2.72. The Morgan fingerprint density at radius 2 is 1.58 bits per heavy atom. The van der Waals surface area contributed by atoms with Crippen LogP contribution in [0.2, 0.25) is 0 Å². The number of carboxylic acid groups (broad SMARTS) is 1. The Balaban J connectivity index is 1.57. The quantitative estimate of drug-likeness (QED) is 0.445. The van der Waals surface area contributed by atoms with Crippen molar-refractivity contribution in [2.24, 2.45) is 56.7 Å². The van der Waals surface area contributed by atoms with Gasteiger partial charge >= 0.3 is 5.97 Å². The van der Waals surface area contributed by atoms with E-state index in [1.54, 1.807) is 0 Å². The molecule has 0 spiro atoms. The average Bonchev–Trinajstić information content (AvgIpc) is 3.13. The maximum Gasteiger partial charge on any atom is 0.309 e. The molecule has 5 fully saturated rings. The van der Waals surface area contributed by atoms with Crippen LogP contribution in [0.15, 0.2) is 12.2 Å². The minimum absolute atomic E-state index is 0.164. The lowest BCUT2D eigenvalue weighted by Crippen LogP contribution is -2.66. The molecule has 5 saturated carbocycles. The highest BCUT2D eigenvalue weighted by Gasteiger charge is 2.72. The van der Waals surface area contributed by atoms with Crippen molar-refractivity contribution in [2.45, 2.75) is 106 Å². The molecule has 33 heavy (non-hydrogen) atoms. The third-order valence-corrected chi connectivity index (χ3v) is 13.2. The molecule has 5 rings (SSSR count). The minimum Gasteiger partial charge on any atom is -0.481 e. The maximum atomic E-state index is 12.9. The second kappa shape index (κ2) is 6.97. The van der Waals surface area contributed by atoms with Gasteiger partial charge in [-0.2, -0.15) is 0 Å². The van der Waals surface area contributed by atoms with Crippen molar-refractivity contribution in [3.05, 3.63) is 12.2 Å². The molecule has 0 aromatic carbocycles. The summed E-state index contributed by atoms with van der Waals surface area (Å²) in [5.74, 6) is 2.07. The Labute approximate surface area is 201 Å². The summed E-state index contributed by atoms with van der Waals surface area (Å²) in [4.78, 5) is 25.7. The highest BCUT2D eigenvalue weighted by atomic mass is 16.4. The van der Waals surface area contributed by atoms with E-state index >= 15 is 0 Å². The van der Waals surface area contributed by atoms with Crippen molar-refractivity contribution in [3.8, 4) is 0 Å². The van der Waals surface area contributed by atoms with Crippen molar-refractivity contribution in [2.75, 3.05) is 0 Å². The van der Waals surface area contributed by atoms with Gasteiger partial charge in [0.05, 0.1) is 5.41 Å². The number of carboxylic acids is 1. The number of carbonyl (C=O) groups is 2. The fraction of sp³-hybridized carbons (Fsp3) is 0.867. The predicted octanol–water partition coefficient (Wildman–Crippen LogP) is 7.30. The van der Waals surface area contributed by atoms with Gasteiger partial charge in [0.25, 0.3) is 0 Å². The van der Waals surface area contributed by atoms with Gasteiger partial charge in [-0.05, 0) is 111 Å². The first-order valence-corrected chi connectivity index (χ1v) is 13.7. The van der Waals surface area contributed by atoms with E-state index in [0.29, 0.717) is 29.5 Å². The Morgan fingerprint density at radius 1 is 0.879 bits per heavy atom. The van der Waals surface area contributed by atoms with Crippen molar-refractivity contribution in [1.29, 1.82) is 0 Å². The minimum atomic E-state index is -0.547. The number of rotatable bonds is 2. The summed E-state index contributed by atoms with van der Waals surface area (Å²) in [5.41, 5.74) is 1.03. The topological polar surface area (TPSA) is 54.4 Å². The van der Waals surface area contributed by atoms with Crippen LogP contribution in [0, 0.1) is 56.7 Å². The molecule has 0 heterocycles. The number of hydrogen-bond acceptors (Lipinski definition) is 2. The molecule has 184 valence electrons. The fourth-order valence-corrected chi connectivity index (χ4v) is 11.3. The van der Waals surface area contributed by atoms with E-state index in [1.165, 1.54) is 18.4 Å². The van der Waals surface area contributed by atoms with Crippen LogP contribution in [0.4, 0.5) is 0 Å². The molecule has 0 radical (unpaired) electrons. The van der Waals surface area contributed by atoms with Gasteiger partial charge in [0, 0.05) is 11.8 Å². The lowest BCUT2D eigenvalue weighted by molar-refractivity contribution is -0.235. The van der Waals surface area contributed by atoms with Crippen LogP contribution in [-0.2, 0) is 9.59 Å². The van der Waals surface area contributed by atoms with E-state index in [9.17, 15) is 14.7 Å². The zero-order valence-electron chi connectivity index (χ0n) is 21.9. The molecule has 3 nitrogen and oxygen atoms in total. The molecule has 5 aliphatic carbocycles. The molecule has 9 atom stereocenters. The van der Waals surface area contributed by atoms with Crippen molar-refractivity contribution in [1.82, 2.24) is 0 Å². The van der Waals surface area contributed by atoms with Gasteiger partial charge in [-0.1, -0.05) is 46.8 Å². The number of ketones is 1. The van der Waals surface area contributed by atoms with Crippen LogP contribution in [0.3, 0.4) is 0 Å². The maximum absolute atomic E-state index is 12.9. The zero-order valence-corrected chi connectivity index (χ0v) is 21.9. The van der Waals surface area contributed by atoms with Crippen LogP contribution in [-0.4, -0.2) is 16.9 Å². The molecule has 0 amide bonds. The Morgan fingerprint density at radius 3 is 2.21 bits per heavy atom. The molecule has 1 unspecified atom stereocenters. The van der Waals surface area contributed by atoms with Gasteiger partial charge in [-0.15, -0.1) is 0 Å². The largest absolute Gasteiger partial charge is 0.481 e. The SMILES string of the molecule is C=C(C)[C@@H]1CC[C@]2(C(=O)O)CC[C@]3(C)C(CC[C@@H]4[C@@]5(C)CCC(=O)C(C)(C)[C@@H]5CC[C@]43C)[C@@H]12. The van der Waals surface area contributed by atoms with E-state index in [4.69, 9.17) is 0 Å². The third-order valence-electron chi connectivity index (χ3n) is 13.2. The number of aliphatic carboxylic acids is 1. The first kappa shape index (κ1) is 23.6. The van der Waals surface area contributed by atoms with Crippen LogP contribution in [0.1, 0.15) is 106 Å². The first-order chi connectivity index (χ1) is 15.3. The molecule has 5 aliphatic rings. The summed E-state index contributed by atoms with van der Waals surface area (Å²) in [6.07, 6.45) is 10.1. The summed E-state index contributed by atoms with van der Waals surface area (Å²) < 4.78 is 0. The van der Waals surface area contributed by atoms with Crippen molar-refractivity contribution < 1.29 is 14.7 Å². The predicted molar refractivity (Wildman–Crippen MR) is 132 cm³/mol. The summed E-state index contributed by atoms with van der Waals surface area (Å²) in [6.45, 7) is 18.5. The molecule has 3 heteroatoms. The zero-order chi connectivity index (χ0) is 24.2. The van der Waals surface area contributed by atoms with Gasteiger partial charge < -0.3 is 5.11 Å². The fourth-order valence-electron chi connectivity index (χ4n) is 11.3. The summed E-state index contributed by atoms with van der Waals surface area (Å²) in [5, 5.41) is 10.5. The van der Waals surface area contributed by atoms with Crippen LogP contribution in [0.25, 0.3) is 0 Å². The van der Waals surface area contributed by atoms with Gasteiger partial charge in [0.2, 0.25) is 0 Å². The Bertz CT molecular complexity index is 902. The molecule has 1 N–H and O–H groups in total. The summed E-state index contributed by atoms with van der Waals surface area (Å²) in [7, 11) is 0. The van der Waals surface area contributed by atoms with E-state index in [2.05, 4.69) is 48.1 Å². The first-order valence-electron chi connectivity index (χ1n) is 13.7. The third kappa shape index (κ3) is 2.69. The normalized spacial score (nSPS) is 52.8. The number of carbonyl (C=O) groups excluding carboxylic acids is 1. The van der Waals surface area contributed by atoms with Gasteiger partial charge in [0.15, 0.2) is 0 Å². The van der Waals surface area contributed by atoms with E-state index in [1.807, 2.05) is 0 Å². The summed E-state index contributed by atoms with van der Waals surface area (Å²) in [6, 6.07) is 0. The number of Topliss-reactive ketones (excluding diaryl/α,β-unsaturated/α-hetero) is 1. The van der Waals surface area contributed by atoms with Gasteiger partial charge in [-0.3, -0.25) is 9.59 Å². The van der Waals surface area contributed by atoms with Gasteiger partial charge in [0.1, 0.15) is 5.78 Å². The van der Waals surface area contributed by atoms with E-state index in [0.717, 1.165) is 51.4 Å². The molecule has 0 bridgehead atoms. The molecular weight excluding hydrogens is 408 g/mol. The van der Waals surface area contributed by atoms with Gasteiger partial charge in [-0.25, -0.2) is 0 Å². The standard InChI is InChI=1S/C30H46O3/c1-18(2)19-10-15-30(25(32)33)17-16-28(6)20(24(19)30)8-9-22-27(5)13-12-23(31)26(3,4)21(27)11-14-29(22,28)7/h19-22,24H,1,8-17H2,2-7H3,(H,32,33)/t19-,20?,21-,22+,24+,27-,28+,29+,30-/m0/s1. The summed E-state index contributed by atoms with van der Waals surface area (Å²) >= 11 is 0. The van der Waals surface area contributed by atoms with Crippen LogP contribution < -0.4 is 0 Å². The second-order valence-electron chi connectivity index (χ2n) is 14.3. The molecule has 0 aromatic rings. The Kier molecular flexibility index (Phi) is 4.99. The van der Waals surface area contributed by atoms with Crippen molar-refractivity contribution in [3.63, 3.8) is 0 Å². The smallest absolute Gasteiger partial charge is 0.309 e. The number of fused-ring (bicyclic) bond motifs is 7. The number of hydrogen-bond donors (Lipinski definition) is 1. The van der Waals surface area contributed by atoms with E-state index in [-0.39, 0.29) is 27.6 Å². The molecular formula is C30H46O3. The highest BCUT2D eigenvalue weighted by Crippen LogP contribution is 2.77.